The highest BCUT2D eigenvalue weighted by atomic mass is 35.5. The highest BCUT2D eigenvalue weighted by Crippen LogP contribution is 2.31. The van der Waals surface area contributed by atoms with Gasteiger partial charge in [0.1, 0.15) is 6.54 Å². The summed E-state index contributed by atoms with van der Waals surface area (Å²) in [5, 5.41) is 3.02. The van der Waals surface area contributed by atoms with Crippen LogP contribution < -0.4 is 14.3 Å². The summed E-state index contributed by atoms with van der Waals surface area (Å²) in [6.45, 7) is 6.73. The lowest BCUT2D eigenvalue weighted by Gasteiger charge is -2.26. The van der Waals surface area contributed by atoms with Crippen LogP contribution in [0, 0.1) is 27.7 Å². The molecule has 4 aromatic rings. The van der Waals surface area contributed by atoms with E-state index in [0.717, 1.165) is 21.0 Å². The third kappa shape index (κ3) is 6.90. The second-order valence-electron chi connectivity index (χ2n) is 9.71. The zero-order chi connectivity index (χ0) is 29.9. The van der Waals surface area contributed by atoms with Gasteiger partial charge in [0.25, 0.3) is 20.0 Å². The fraction of sp³-hybridized carbons (Fsp3) is 0.167. The molecule has 0 unspecified atom stereocenters. The Kier molecular flexibility index (Phi) is 8.77. The van der Waals surface area contributed by atoms with Gasteiger partial charge in [0, 0.05) is 10.7 Å². The quantitative estimate of drug-likeness (QED) is 0.234. The number of aryl methyl sites for hydroxylation is 3. The molecule has 4 aromatic carbocycles. The average Bonchev–Trinajstić information content (AvgIpc) is 2.91. The maximum absolute atomic E-state index is 13.7. The van der Waals surface area contributed by atoms with Crippen LogP contribution in [0.25, 0.3) is 0 Å². The first-order valence-electron chi connectivity index (χ1n) is 12.6. The number of nitrogens with one attached hydrogen (secondary N) is 2. The van der Waals surface area contributed by atoms with Crippen molar-refractivity contribution in [3.63, 3.8) is 0 Å². The molecule has 41 heavy (non-hydrogen) atoms. The Morgan fingerprint density at radius 1 is 0.780 bits per heavy atom. The summed E-state index contributed by atoms with van der Waals surface area (Å²) < 4.78 is 56.8. The Morgan fingerprint density at radius 3 is 2.02 bits per heavy atom. The van der Waals surface area contributed by atoms with Gasteiger partial charge in [-0.15, -0.1) is 0 Å². The molecule has 8 nitrogen and oxygen atoms in total. The van der Waals surface area contributed by atoms with E-state index in [2.05, 4.69) is 10.0 Å². The number of rotatable bonds is 9. The number of halogens is 1. The summed E-state index contributed by atoms with van der Waals surface area (Å²) in [7, 11) is -8.01. The van der Waals surface area contributed by atoms with Crippen LogP contribution in [-0.2, 0) is 24.8 Å². The molecule has 0 fully saturated rings. The Labute approximate surface area is 246 Å². The first-order chi connectivity index (χ1) is 19.3. The fourth-order valence-electron chi connectivity index (χ4n) is 4.18. The SMILES string of the molecule is Cc1ccc(S(=O)(=O)N(CC(=O)Nc2ccc(S(=O)(=O)Nc3ccc(C)cc3C)cc2)c2cccc(Cl)c2C)cc1. The second-order valence-corrected chi connectivity index (χ2v) is 13.7. The van der Waals surface area contributed by atoms with Gasteiger partial charge < -0.3 is 5.32 Å². The van der Waals surface area contributed by atoms with Gasteiger partial charge in [-0.2, -0.15) is 0 Å². The minimum Gasteiger partial charge on any atom is -0.325 e. The molecule has 214 valence electrons. The van der Waals surface area contributed by atoms with Gasteiger partial charge >= 0.3 is 0 Å². The summed E-state index contributed by atoms with van der Waals surface area (Å²) in [5.74, 6) is -0.621. The van der Waals surface area contributed by atoms with E-state index < -0.39 is 32.5 Å². The van der Waals surface area contributed by atoms with E-state index in [4.69, 9.17) is 11.6 Å². The van der Waals surface area contributed by atoms with Crippen LogP contribution in [-0.4, -0.2) is 29.3 Å². The minimum absolute atomic E-state index is 0.00796. The van der Waals surface area contributed by atoms with E-state index in [-0.39, 0.29) is 15.5 Å². The molecular formula is C30H30ClN3O5S2. The first kappa shape index (κ1) is 30.1. The molecule has 1 amide bonds. The number of hydrogen-bond donors (Lipinski definition) is 2. The molecule has 0 aromatic heterocycles. The number of hydrogen-bond acceptors (Lipinski definition) is 5. The van der Waals surface area contributed by atoms with Gasteiger partial charge in [0.2, 0.25) is 5.91 Å². The van der Waals surface area contributed by atoms with Crippen molar-refractivity contribution in [3.8, 4) is 0 Å². The lowest BCUT2D eigenvalue weighted by molar-refractivity contribution is -0.114. The van der Waals surface area contributed by atoms with Gasteiger partial charge in [-0.3, -0.25) is 13.8 Å². The molecular weight excluding hydrogens is 582 g/mol. The molecule has 0 radical (unpaired) electrons. The molecule has 0 bridgehead atoms. The summed E-state index contributed by atoms with van der Waals surface area (Å²) in [6.07, 6.45) is 0. The number of carbonyl (C=O) groups excluding carboxylic acids is 1. The van der Waals surface area contributed by atoms with Crippen LogP contribution in [0.2, 0.25) is 5.02 Å². The molecule has 0 saturated carbocycles. The van der Waals surface area contributed by atoms with E-state index in [1.807, 2.05) is 32.9 Å². The van der Waals surface area contributed by atoms with Crippen LogP contribution in [0.4, 0.5) is 17.1 Å². The molecule has 11 heteroatoms. The third-order valence-electron chi connectivity index (χ3n) is 6.48. The van der Waals surface area contributed by atoms with Crippen molar-refractivity contribution in [2.75, 3.05) is 20.9 Å². The molecule has 0 heterocycles. The number of benzene rings is 4. The Morgan fingerprint density at radius 2 is 1.39 bits per heavy atom. The van der Waals surface area contributed by atoms with Gasteiger partial charge in [-0.25, -0.2) is 16.8 Å². The number of nitrogens with zero attached hydrogens (tertiary/aromatic N) is 1. The van der Waals surface area contributed by atoms with Gasteiger partial charge in [-0.05, 0) is 93.4 Å². The molecule has 2 N–H and O–H groups in total. The monoisotopic (exact) mass is 611 g/mol. The van der Waals surface area contributed by atoms with E-state index in [1.165, 1.54) is 36.4 Å². The molecule has 0 aliphatic carbocycles. The van der Waals surface area contributed by atoms with Crippen molar-refractivity contribution in [1.82, 2.24) is 0 Å². The maximum atomic E-state index is 13.7. The number of sulfonamides is 2. The zero-order valence-electron chi connectivity index (χ0n) is 23.0. The molecule has 0 atom stereocenters. The van der Waals surface area contributed by atoms with Crippen molar-refractivity contribution in [3.05, 3.63) is 112 Å². The normalized spacial score (nSPS) is 11.6. The van der Waals surface area contributed by atoms with Crippen molar-refractivity contribution < 1.29 is 21.6 Å². The fourth-order valence-corrected chi connectivity index (χ4v) is 6.96. The van der Waals surface area contributed by atoms with Crippen LogP contribution in [0.5, 0.6) is 0 Å². The van der Waals surface area contributed by atoms with E-state index in [0.29, 0.717) is 22.0 Å². The third-order valence-corrected chi connectivity index (χ3v) is 10.0. The molecule has 0 spiro atoms. The number of anilines is 3. The highest BCUT2D eigenvalue weighted by molar-refractivity contribution is 7.93. The lowest BCUT2D eigenvalue weighted by Crippen LogP contribution is -2.38. The number of carbonyl (C=O) groups is 1. The van der Waals surface area contributed by atoms with Crippen molar-refractivity contribution in [1.29, 1.82) is 0 Å². The summed E-state index contributed by atoms with van der Waals surface area (Å²) in [6, 6.07) is 22.2. The maximum Gasteiger partial charge on any atom is 0.264 e. The molecule has 0 aliphatic heterocycles. The Hall–Kier alpha value is -3.86. The van der Waals surface area contributed by atoms with Crippen molar-refractivity contribution in [2.45, 2.75) is 37.5 Å². The largest absolute Gasteiger partial charge is 0.325 e. The summed E-state index contributed by atoms with van der Waals surface area (Å²) >= 11 is 6.28. The van der Waals surface area contributed by atoms with E-state index in [9.17, 15) is 21.6 Å². The van der Waals surface area contributed by atoms with Crippen molar-refractivity contribution in [2.24, 2.45) is 0 Å². The molecule has 0 saturated heterocycles. The minimum atomic E-state index is -4.13. The van der Waals surface area contributed by atoms with Gasteiger partial charge in [-0.1, -0.05) is 53.1 Å². The summed E-state index contributed by atoms with van der Waals surface area (Å²) in [5.41, 5.74) is 4.24. The van der Waals surface area contributed by atoms with Gasteiger partial charge in [0.15, 0.2) is 0 Å². The van der Waals surface area contributed by atoms with E-state index in [1.54, 1.807) is 43.3 Å². The molecule has 4 rings (SSSR count). The second kappa shape index (κ2) is 11.9. The molecule has 0 aliphatic rings. The standard InChI is InChI=1S/C30H30ClN3O5S2/c1-20-8-13-26(14-9-20)41(38,39)34(29-7-5-6-27(31)23(29)4)19-30(35)32-24-11-15-25(16-12-24)40(36,37)33-28-17-10-21(2)18-22(28)3/h5-18,33H,19H2,1-4H3,(H,32,35). The smallest absolute Gasteiger partial charge is 0.264 e. The Balaban J connectivity index is 1.56. The predicted molar refractivity (Wildman–Crippen MR) is 164 cm³/mol. The zero-order valence-corrected chi connectivity index (χ0v) is 25.4. The first-order valence-corrected chi connectivity index (χ1v) is 15.9. The van der Waals surface area contributed by atoms with E-state index >= 15 is 0 Å². The lowest BCUT2D eigenvalue weighted by atomic mass is 10.1. The number of amides is 1. The van der Waals surface area contributed by atoms with Crippen LogP contribution in [0.1, 0.15) is 22.3 Å². The average molecular weight is 612 g/mol. The topological polar surface area (TPSA) is 113 Å². The predicted octanol–water partition coefficient (Wildman–Crippen LogP) is 6.21. The van der Waals surface area contributed by atoms with Crippen LogP contribution in [0.3, 0.4) is 0 Å². The van der Waals surface area contributed by atoms with Crippen molar-refractivity contribution >= 4 is 54.6 Å². The van der Waals surface area contributed by atoms with Crippen LogP contribution in [0.15, 0.2) is 94.7 Å². The highest BCUT2D eigenvalue weighted by Gasteiger charge is 2.29. The van der Waals surface area contributed by atoms with Crippen LogP contribution >= 0.6 is 11.6 Å². The Bertz CT molecular complexity index is 1810. The van der Waals surface area contributed by atoms with Gasteiger partial charge in [0.05, 0.1) is 21.2 Å². The summed E-state index contributed by atoms with van der Waals surface area (Å²) in [4.78, 5) is 13.2.